The van der Waals surface area contributed by atoms with Crippen molar-refractivity contribution in [1.82, 2.24) is 0 Å². The van der Waals surface area contributed by atoms with Gasteiger partial charge in [0.2, 0.25) is 0 Å². The molecule has 96 valence electrons. The van der Waals surface area contributed by atoms with Crippen molar-refractivity contribution in [3.8, 4) is 0 Å². The summed E-state index contributed by atoms with van der Waals surface area (Å²) in [7, 11) is 0. The molecule has 0 spiro atoms. The van der Waals surface area contributed by atoms with E-state index in [4.69, 9.17) is 10.5 Å². The van der Waals surface area contributed by atoms with Gasteiger partial charge in [0.25, 0.3) is 0 Å². The fraction of sp³-hybridized carbons (Fsp3) is 0.923. The molecule has 0 aliphatic rings. The van der Waals surface area contributed by atoms with E-state index in [-0.39, 0.29) is 18.0 Å². The SMILES string of the molecule is CCC[C@@H](C)OC(=O)C[C@@H](CN)CC(C)C. The Kier molecular flexibility index (Phi) is 8.26. The molecule has 0 saturated carbocycles. The molecule has 0 saturated heterocycles. The maximum absolute atomic E-state index is 11.6. The van der Waals surface area contributed by atoms with Crippen LogP contribution in [0.15, 0.2) is 0 Å². The van der Waals surface area contributed by atoms with Crippen molar-refractivity contribution in [1.29, 1.82) is 0 Å². The number of rotatable bonds is 8. The Hall–Kier alpha value is -0.570. The van der Waals surface area contributed by atoms with Gasteiger partial charge in [-0.1, -0.05) is 27.2 Å². The fourth-order valence-electron chi connectivity index (χ4n) is 1.90. The molecule has 0 aliphatic heterocycles. The third-order valence-corrected chi connectivity index (χ3v) is 2.62. The molecule has 2 atom stereocenters. The number of hydrogen-bond donors (Lipinski definition) is 1. The summed E-state index contributed by atoms with van der Waals surface area (Å²) < 4.78 is 5.31. The summed E-state index contributed by atoms with van der Waals surface area (Å²) in [5.41, 5.74) is 5.65. The second kappa shape index (κ2) is 8.57. The van der Waals surface area contributed by atoms with Crippen LogP contribution in [-0.4, -0.2) is 18.6 Å². The maximum Gasteiger partial charge on any atom is 0.306 e. The van der Waals surface area contributed by atoms with E-state index in [1.54, 1.807) is 0 Å². The molecule has 0 unspecified atom stereocenters. The van der Waals surface area contributed by atoms with Crippen LogP contribution in [0.5, 0.6) is 0 Å². The van der Waals surface area contributed by atoms with E-state index >= 15 is 0 Å². The summed E-state index contributed by atoms with van der Waals surface area (Å²) >= 11 is 0. The third-order valence-electron chi connectivity index (χ3n) is 2.62. The summed E-state index contributed by atoms with van der Waals surface area (Å²) in [5.74, 6) is 0.743. The molecule has 0 bridgehead atoms. The smallest absolute Gasteiger partial charge is 0.306 e. The topological polar surface area (TPSA) is 52.3 Å². The minimum absolute atomic E-state index is 0.0370. The largest absolute Gasteiger partial charge is 0.463 e. The van der Waals surface area contributed by atoms with E-state index < -0.39 is 0 Å². The van der Waals surface area contributed by atoms with E-state index in [9.17, 15) is 4.79 Å². The average molecular weight is 229 g/mol. The molecule has 0 rings (SSSR count). The molecule has 0 aliphatic carbocycles. The first-order chi connectivity index (χ1) is 7.49. The van der Waals surface area contributed by atoms with Crippen molar-refractivity contribution in [2.45, 2.75) is 59.5 Å². The monoisotopic (exact) mass is 229 g/mol. The molecule has 16 heavy (non-hydrogen) atoms. The normalized spacial score (nSPS) is 14.9. The molecule has 0 aromatic carbocycles. The number of nitrogens with two attached hydrogens (primary N) is 1. The highest BCUT2D eigenvalue weighted by Crippen LogP contribution is 2.15. The molecule has 3 nitrogen and oxygen atoms in total. The first kappa shape index (κ1) is 15.4. The second-order valence-corrected chi connectivity index (χ2v) is 5.02. The van der Waals surface area contributed by atoms with Crippen LogP contribution >= 0.6 is 0 Å². The number of hydrogen-bond acceptors (Lipinski definition) is 3. The zero-order valence-electron chi connectivity index (χ0n) is 11.2. The third kappa shape index (κ3) is 7.69. The molecule has 0 heterocycles. The minimum atomic E-state index is -0.1000. The number of ether oxygens (including phenoxy) is 1. The molecule has 0 amide bonds. The van der Waals surface area contributed by atoms with Crippen LogP contribution in [0.4, 0.5) is 0 Å². The molecule has 2 N–H and O–H groups in total. The summed E-state index contributed by atoms with van der Waals surface area (Å²) in [6.45, 7) is 8.89. The van der Waals surface area contributed by atoms with Crippen LogP contribution in [0.25, 0.3) is 0 Å². The van der Waals surface area contributed by atoms with Crippen LogP contribution in [0, 0.1) is 11.8 Å². The summed E-state index contributed by atoms with van der Waals surface area (Å²) in [4.78, 5) is 11.6. The first-order valence-corrected chi connectivity index (χ1v) is 6.39. The van der Waals surface area contributed by atoms with Crippen molar-refractivity contribution in [3.05, 3.63) is 0 Å². The van der Waals surface area contributed by atoms with Gasteiger partial charge in [0.05, 0.1) is 6.10 Å². The van der Waals surface area contributed by atoms with Crippen LogP contribution in [-0.2, 0) is 9.53 Å². The van der Waals surface area contributed by atoms with Gasteiger partial charge in [-0.2, -0.15) is 0 Å². The Morgan fingerprint density at radius 1 is 1.31 bits per heavy atom. The van der Waals surface area contributed by atoms with Crippen LogP contribution in [0.2, 0.25) is 0 Å². The lowest BCUT2D eigenvalue weighted by atomic mass is 9.94. The minimum Gasteiger partial charge on any atom is -0.463 e. The Bertz CT molecular complexity index is 192. The maximum atomic E-state index is 11.6. The lowest BCUT2D eigenvalue weighted by Crippen LogP contribution is -2.23. The van der Waals surface area contributed by atoms with Crippen molar-refractivity contribution >= 4 is 5.97 Å². The van der Waals surface area contributed by atoms with E-state index in [2.05, 4.69) is 20.8 Å². The summed E-state index contributed by atoms with van der Waals surface area (Å²) in [5, 5.41) is 0. The van der Waals surface area contributed by atoms with Gasteiger partial charge in [0, 0.05) is 6.42 Å². The van der Waals surface area contributed by atoms with Crippen LogP contribution < -0.4 is 5.73 Å². The molecular formula is C13H27NO2. The number of carbonyl (C=O) groups is 1. The van der Waals surface area contributed by atoms with Crippen molar-refractivity contribution in [2.24, 2.45) is 17.6 Å². The van der Waals surface area contributed by atoms with E-state index in [1.165, 1.54) is 0 Å². The Balaban J connectivity index is 3.91. The van der Waals surface area contributed by atoms with Crippen molar-refractivity contribution in [3.63, 3.8) is 0 Å². The summed E-state index contributed by atoms with van der Waals surface area (Å²) in [6.07, 6.45) is 3.47. The Morgan fingerprint density at radius 3 is 2.38 bits per heavy atom. The van der Waals surface area contributed by atoms with Gasteiger partial charge in [-0.3, -0.25) is 4.79 Å². The molecule has 0 aromatic rings. The van der Waals surface area contributed by atoms with E-state index in [1.807, 2.05) is 6.92 Å². The van der Waals surface area contributed by atoms with Crippen LogP contribution in [0.1, 0.15) is 53.4 Å². The first-order valence-electron chi connectivity index (χ1n) is 6.39. The Labute approximate surface area is 99.7 Å². The van der Waals surface area contributed by atoms with Gasteiger partial charge in [0.1, 0.15) is 0 Å². The summed E-state index contributed by atoms with van der Waals surface area (Å²) in [6, 6.07) is 0. The van der Waals surface area contributed by atoms with Gasteiger partial charge < -0.3 is 10.5 Å². The highest BCUT2D eigenvalue weighted by atomic mass is 16.5. The molecule has 0 aromatic heterocycles. The quantitative estimate of drug-likeness (QED) is 0.651. The fourth-order valence-corrected chi connectivity index (χ4v) is 1.90. The zero-order valence-corrected chi connectivity index (χ0v) is 11.2. The van der Waals surface area contributed by atoms with Gasteiger partial charge >= 0.3 is 5.97 Å². The molecular weight excluding hydrogens is 202 g/mol. The lowest BCUT2D eigenvalue weighted by molar-refractivity contribution is -0.149. The highest BCUT2D eigenvalue weighted by molar-refractivity contribution is 5.69. The van der Waals surface area contributed by atoms with E-state index in [0.29, 0.717) is 18.9 Å². The van der Waals surface area contributed by atoms with E-state index in [0.717, 1.165) is 19.3 Å². The lowest BCUT2D eigenvalue weighted by Gasteiger charge is -2.18. The molecule has 0 radical (unpaired) electrons. The van der Waals surface area contributed by atoms with Crippen LogP contribution in [0.3, 0.4) is 0 Å². The van der Waals surface area contributed by atoms with Gasteiger partial charge in [-0.15, -0.1) is 0 Å². The predicted molar refractivity (Wildman–Crippen MR) is 67.1 cm³/mol. The zero-order chi connectivity index (χ0) is 12.6. The van der Waals surface area contributed by atoms with Gasteiger partial charge in [-0.05, 0) is 38.1 Å². The standard InChI is InChI=1S/C13H27NO2/c1-5-6-11(4)16-13(15)8-12(9-14)7-10(2)3/h10-12H,5-9,14H2,1-4H3/t11-,12+/m1/s1. The predicted octanol–water partition coefficient (Wildman–Crippen LogP) is 2.73. The van der Waals surface area contributed by atoms with Crippen molar-refractivity contribution in [2.75, 3.05) is 6.54 Å². The molecule has 0 fully saturated rings. The Morgan fingerprint density at radius 2 is 1.94 bits per heavy atom. The second-order valence-electron chi connectivity index (χ2n) is 5.02. The van der Waals surface area contributed by atoms with Crippen molar-refractivity contribution < 1.29 is 9.53 Å². The number of carbonyl (C=O) groups excluding carboxylic acids is 1. The number of esters is 1. The highest BCUT2D eigenvalue weighted by Gasteiger charge is 2.16. The average Bonchev–Trinajstić information content (AvgIpc) is 2.15. The molecule has 3 heteroatoms. The van der Waals surface area contributed by atoms with Gasteiger partial charge in [-0.25, -0.2) is 0 Å². The van der Waals surface area contributed by atoms with Gasteiger partial charge in [0.15, 0.2) is 0 Å².